The fourth-order valence-electron chi connectivity index (χ4n) is 11.5. The Morgan fingerprint density at radius 1 is 0.294 bits per heavy atom. The number of hydrogen-bond acceptors (Lipinski definition) is 3. The highest BCUT2D eigenvalue weighted by atomic mass is 16.3. The molecule has 10 aromatic carbocycles. The highest BCUT2D eigenvalue weighted by Crippen LogP contribution is 2.64. The summed E-state index contributed by atoms with van der Waals surface area (Å²) in [5.41, 5.74) is 22.8. The van der Waals surface area contributed by atoms with E-state index >= 15 is 0 Å². The van der Waals surface area contributed by atoms with Gasteiger partial charge in [-0.1, -0.05) is 212 Å². The largest absolute Gasteiger partial charge is 0.455 e. The summed E-state index contributed by atoms with van der Waals surface area (Å²) in [7, 11) is 0. The van der Waals surface area contributed by atoms with Gasteiger partial charge in [0.1, 0.15) is 11.2 Å². The number of rotatable bonds is 6. The lowest BCUT2D eigenvalue weighted by Crippen LogP contribution is -2.25. The molecule has 0 saturated carbocycles. The first-order valence-electron chi connectivity index (χ1n) is 23.3. The molecule has 0 fully saturated rings. The van der Waals surface area contributed by atoms with E-state index < -0.39 is 5.41 Å². The van der Waals surface area contributed by atoms with Gasteiger partial charge >= 0.3 is 0 Å². The van der Waals surface area contributed by atoms with Crippen LogP contribution in [0.5, 0.6) is 0 Å². The molecule has 14 rings (SSSR count). The number of benzene rings is 10. The van der Waals surface area contributed by atoms with Gasteiger partial charge in [0.05, 0.1) is 16.8 Å². The number of hydrogen-bond donors (Lipinski definition) is 0. The topological polar surface area (TPSA) is 38.9 Å². The van der Waals surface area contributed by atoms with E-state index in [9.17, 15) is 0 Å². The van der Waals surface area contributed by atoms with Gasteiger partial charge in [-0.15, -0.1) is 0 Å². The van der Waals surface area contributed by atoms with Crippen LogP contribution in [0, 0.1) is 0 Å². The number of para-hydroxylation sites is 2. The van der Waals surface area contributed by atoms with Crippen molar-refractivity contribution in [1.29, 1.82) is 0 Å². The highest BCUT2D eigenvalue weighted by molar-refractivity contribution is 6.10. The summed E-state index contributed by atoms with van der Waals surface area (Å²) in [6.45, 7) is 0. The number of furan rings is 1. The minimum atomic E-state index is -0.472. The Morgan fingerprint density at radius 3 is 1.49 bits per heavy atom. The number of aromatic nitrogens is 2. The molecule has 2 aliphatic carbocycles. The minimum absolute atomic E-state index is 0.472. The first-order valence-corrected chi connectivity index (χ1v) is 23.3. The predicted molar refractivity (Wildman–Crippen MR) is 278 cm³/mol. The van der Waals surface area contributed by atoms with Gasteiger partial charge < -0.3 is 4.42 Å². The predicted octanol–water partition coefficient (Wildman–Crippen LogP) is 16.7. The van der Waals surface area contributed by atoms with Crippen molar-refractivity contribution in [3.63, 3.8) is 0 Å². The van der Waals surface area contributed by atoms with Crippen molar-refractivity contribution < 1.29 is 4.42 Å². The zero-order chi connectivity index (χ0) is 44.8. The molecule has 1 spiro atoms. The molecule has 0 saturated heterocycles. The quantitative estimate of drug-likeness (QED) is 0.167. The van der Waals surface area contributed by atoms with E-state index in [1.807, 2.05) is 12.1 Å². The molecule has 3 heteroatoms. The van der Waals surface area contributed by atoms with E-state index in [4.69, 9.17) is 14.4 Å². The Morgan fingerprint density at radius 2 is 0.765 bits per heavy atom. The van der Waals surface area contributed by atoms with Crippen LogP contribution >= 0.6 is 0 Å². The van der Waals surface area contributed by atoms with Crippen molar-refractivity contribution in [3.8, 4) is 89.5 Å². The van der Waals surface area contributed by atoms with Gasteiger partial charge in [0.2, 0.25) is 0 Å². The maximum Gasteiger partial charge on any atom is 0.160 e. The molecule has 0 atom stereocenters. The smallest absolute Gasteiger partial charge is 0.160 e. The summed E-state index contributed by atoms with van der Waals surface area (Å²) in [6.07, 6.45) is 0. The molecule has 316 valence electrons. The summed E-state index contributed by atoms with van der Waals surface area (Å²) in [6, 6.07) is 87.4. The highest BCUT2D eigenvalue weighted by Gasteiger charge is 2.52. The zero-order valence-corrected chi connectivity index (χ0v) is 36.9. The second-order valence-corrected chi connectivity index (χ2v) is 17.9. The zero-order valence-electron chi connectivity index (χ0n) is 36.9. The Labute approximate surface area is 394 Å². The summed E-state index contributed by atoms with van der Waals surface area (Å²) >= 11 is 0. The monoisotopic (exact) mass is 864 g/mol. The molecule has 68 heavy (non-hydrogen) atoms. The van der Waals surface area contributed by atoms with Crippen LogP contribution in [-0.4, -0.2) is 9.97 Å². The van der Waals surface area contributed by atoms with Crippen LogP contribution in [0.3, 0.4) is 0 Å². The summed E-state index contributed by atoms with van der Waals surface area (Å²) < 4.78 is 6.71. The van der Waals surface area contributed by atoms with E-state index in [1.165, 1.54) is 44.5 Å². The van der Waals surface area contributed by atoms with Gasteiger partial charge in [0.25, 0.3) is 0 Å². The minimum Gasteiger partial charge on any atom is -0.455 e. The van der Waals surface area contributed by atoms with Crippen molar-refractivity contribution in [3.05, 3.63) is 265 Å². The van der Waals surface area contributed by atoms with Crippen molar-refractivity contribution in [1.82, 2.24) is 9.97 Å². The van der Waals surface area contributed by atoms with Gasteiger partial charge in [-0.2, -0.15) is 0 Å². The van der Waals surface area contributed by atoms with Crippen LogP contribution in [0.15, 0.2) is 247 Å². The van der Waals surface area contributed by atoms with Crippen LogP contribution < -0.4 is 0 Å². The van der Waals surface area contributed by atoms with Crippen molar-refractivity contribution in [2.45, 2.75) is 5.41 Å². The van der Waals surface area contributed by atoms with Gasteiger partial charge in [0.15, 0.2) is 5.82 Å². The Hall–Kier alpha value is -8.92. The van der Waals surface area contributed by atoms with E-state index in [1.54, 1.807) is 0 Å². The van der Waals surface area contributed by atoms with Crippen molar-refractivity contribution in [2.24, 2.45) is 0 Å². The Bertz CT molecular complexity index is 3930. The molecule has 12 aromatic rings. The lowest BCUT2D eigenvalue weighted by molar-refractivity contribution is 0.670. The molecule has 2 aliphatic rings. The van der Waals surface area contributed by atoms with Crippen molar-refractivity contribution in [2.75, 3.05) is 0 Å². The van der Waals surface area contributed by atoms with E-state index in [2.05, 4.69) is 231 Å². The summed E-state index contributed by atoms with van der Waals surface area (Å²) in [5.74, 6) is 0.671. The molecule has 0 amide bonds. The van der Waals surface area contributed by atoms with Crippen LogP contribution in [0.1, 0.15) is 22.3 Å². The summed E-state index contributed by atoms with van der Waals surface area (Å²) in [4.78, 5) is 11.0. The van der Waals surface area contributed by atoms with Gasteiger partial charge in [0, 0.05) is 33.0 Å². The molecule has 0 aliphatic heterocycles. The molecule has 3 nitrogen and oxygen atoms in total. The lowest BCUT2D eigenvalue weighted by atomic mass is 9.70. The molecule has 0 N–H and O–H groups in total. The average molecular weight is 865 g/mol. The first-order chi connectivity index (χ1) is 33.7. The second-order valence-electron chi connectivity index (χ2n) is 17.9. The molecular formula is C65H40N2O. The maximum absolute atomic E-state index is 6.71. The lowest BCUT2D eigenvalue weighted by Gasteiger charge is -2.30. The van der Waals surface area contributed by atoms with Crippen LogP contribution in [0.25, 0.3) is 111 Å². The SMILES string of the molecule is c1ccc(-c2nc(-c3cc(-c4ccccc4-c4ccccc4)cc(-c4cccc5c4oc4ccccc45)c3)cc(-c3cccc4c3-c3ccccc3C43c4ccccc4-c4ccccc43)n2)cc1. The van der Waals surface area contributed by atoms with Crippen LogP contribution in [0.4, 0.5) is 0 Å². The maximum atomic E-state index is 6.71. The summed E-state index contributed by atoms with van der Waals surface area (Å²) in [5, 5.41) is 2.19. The normalized spacial score (nSPS) is 12.8. The molecule has 0 radical (unpaired) electrons. The van der Waals surface area contributed by atoms with Gasteiger partial charge in [-0.3, -0.25) is 0 Å². The van der Waals surface area contributed by atoms with E-state index in [0.29, 0.717) is 5.82 Å². The molecule has 2 heterocycles. The third kappa shape index (κ3) is 5.66. The second kappa shape index (κ2) is 15.1. The third-order valence-corrected chi connectivity index (χ3v) is 14.3. The molecule has 0 unspecified atom stereocenters. The first kappa shape index (κ1) is 38.4. The van der Waals surface area contributed by atoms with E-state index in [-0.39, 0.29) is 0 Å². The Kier molecular flexibility index (Phi) is 8.50. The van der Waals surface area contributed by atoms with Crippen LogP contribution in [0.2, 0.25) is 0 Å². The number of nitrogens with zero attached hydrogens (tertiary/aromatic N) is 2. The molecule has 0 bridgehead atoms. The van der Waals surface area contributed by atoms with Crippen molar-refractivity contribution >= 4 is 21.9 Å². The number of fused-ring (bicyclic) bond motifs is 13. The van der Waals surface area contributed by atoms with Gasteiger partial charge in [-0.25, -0.2) is 9.97 Å². The Balaban J connectivity index is 1.04. The molecule has 2 aromatic heterocycles. The third-order valence-electron chi connectivity index (χ3n) is 14.3. The van der Waals surface area contributed by atoms with Gasteiger partial charge in [-0.05, 0) is 103 Å². The standard InChI is InChI=1S/C65H40N2O/c1-3-19-41(20-4-1)46-23-7-8-24-47(46)43-37-44(48-29-17-30-52-51-27-12-16-36-61(51)68-63(48)52)39-45(38-43)59-40-60(67-64(66-59)42-21-5-2-6-22-42)54-31-18-35-58-62(54)53-28-11-15-34-57(53)65(58)55-32-13-9-25-49(55)50-26-10-14-33-56(50)65/h1-40H. The van der Waals surface area contributed by atoms with Crippen LogP contribution in [-0.2, 0) is 5.41 Å². The fourth-order valence-corrected chi connectivity index (χ4v) is 11.5. The fraction of sp³-hybridized carbons (Fsp3) is 0.0154. The molecular weight excluding hydrogens is 825 g/mol. The van der Waals surface area contributed by atoms with E-state index in [0.717, 1.165) is 83.4 Å². The average Bonchev–Trinajstić information content (AvgIpc) is 4.06.